The van der Waals surface area contributed by atoms with Crippen LogP contribution in [0.3, 0.4) is 0 Å². The van der Waals surface area contributed by atoms with Gasteiger partial charge < -0.3 is 30.2 Å². The highest BCUT2D eigenvalue weighted by molar-refractivity contribution is 7.13. The van der Waals surface area contributed by atoms with Gasteiger partial charge in [0, 0.05) is 34.6 Å². The number of aryl methyl sites for hydroxylation is 1. The average molecular weight is 676 g/mol. The Morgan fingerprint density at radius 2 is 1.79 bits per heavy atom. The second kappa shape index (κ2) is 18.1. The minimum absolute atomic E-state index is 0.00145. The van der Waals surface area contributed by atoms with Crippen LogP contribution >= 0.6 is 11.3 Å². The zero-order valence-electron chi connectivity index (χ0n) is 27.9. The summed E-state index contributed by atoms with van der Waals surface area (Å²) in [5.41, 5.74) is 3.35. The number of pyridine rings is 1. The molecule has 2 aromatic heterocycles. The number of nitrogens with zero attached hydrogens (tertiary/aromatic N) is 2. The highest BCUT2D eigenvalue weighted by Crippen LogP contribution is 2.31. The van der Waals surface area contributed by atoms with Gasteiger partial charge >= 0.3 is 6.09 Å². The van der Waals surface area contributed by atoms with Gasteiger partial charge in [0.1, 0.15) is 10.8 Å². The zero-order chi connectivity index (χ0) is 33.7. The number of para-hydroxylation sites is 1. The Bertz CT molecular complexity index is 1670. The van der Waals surface area contributed by atoms with Crippen molar-refractivity contribution in [1.82, 2.24) is 20.2 Å². The number of H-pyrrole nitrogens is 1. The maximum Gasteiger partial charge on any atom is 0.411 e. The van der Waals surface area contributed by atoms with E-state index in [0.717, 1.165) is 73.8 Å². The number of aromatic nitrogens is 2. The average Bonchev–Trinajstić information content (AvgIpc) is 3.53. The number of anilines is 1. The minimum Gasteiger partial charge on any atom is -0.506 e. The van der Waals surface area contributed by atoms with Crippen molar-refractivity contribution in [1.29, 1.82) is 0 Å². The molecule has 1 saturated heterocycles. The van der Waals surface area contributed by atoms with Crippen LogP contribution in [-0.4, -0.2) is 70.5 Å². The highest BCUT2D eigenvalue weighted by Gasteiger charge is 2.21. The van der Waals surface area contributed by atoms with E-state index in [2.05, 4.69) is 25.5 Å². The SMILES string of the molecule is Cc1csc(-c2ccccc2NC(=O)OCC2CCN(CCCCCCCCCNCC(O)c3ccc(O)c4[nH]c(=O)ccc34)CC2)n1. The van der Waals surface area contributed by atoms with Crippen LogP contribution in [0.1, 0.15) is 75.1 Å². The molecule has 1 fully saturated rings. The van der Waals surface area contributed by atoms with E-state index in [1.165, 1.54) is 44.2 Å². The maximum absolute atomic E-state index is 12.6. The zero-order valence-corrected chi connectivity index (χ0v) is 28.7. The van der Waals surface area contributed by atoms with Gasteiger partial charge in [0.05, 0.1) is 23.9 Å². The number of piperidine rings is 1. The first-order valence-electron chi connectivity index (χ1n) is 17.3. The molecule has 0 radical (unpaired) electrons. The maximum atomic E-state index is 12.6. The molecule has 4 aromatic rings. The number of carbonyl (C=O) groups is 1. The number of thiazole rings is 1. The van der Waals surface area contributed by atoms with Crippen molar-refractivity contribution in [3.63, 3.8) is 0 Å². The van der Waals surface area contributed by atoms with Crippen molar-refractivity contribution in [2.24, 2.45) is 5.92 Å². The Balaban J connectivity index is 0.859. The first kappa shape index (κ1) is 35.5. The number of phenolic OH excluding ortho intramolecular Hbond substituents is 1. The fraction of sp³-hybridized carbons (Fsp3) is 0.486. The first-order valence-corrected chi connectivity index (χ1v) is 18.2. The molecule has 1 amide bonds. The normalized spacial score (nSPS) is 14.7. The summed E-state index contributed by atoms with van der Waals surface area (Å²) < 4.78 is 5.62. The fourth-order valence-electron chi connectivity index (χ4n) is 6.34. The second-order valence-corrected chi connectivity index (χ2v) is 13.7. The van der Waals surface area contributed by atoms with Gasteiger partial charge in [-0.05, 0) is 94.5 Å². The second-order valence-electron chi connectivity index (χ2n) is 12.8. The summed E-state index contributed by atoms with van der Waals surface area (Å²) >= 11 is 1.57. The molecular weight excluding hydrogens is 627 g/mol. The third kappa shape index (κ3) is 10.4. The number of carbonyl (C=O) groups excluding carboxylic acids is 1. The first-order chi connectivity index (χ1) is 23.4. The lowest BCUT2D eigenvalue weighted by atomic mass is 9.97. The number of ether oxygens (including phenoxy) is 1. The molecule has 11 heteroatoms. The molecule has 0 bridgehead atoms. The van der Waals surface area contributed by atoms with Gasteiger partial charge in [-0.15, -0.1) is 11.3 Å². The van der Waals surface area contributed by atoms with Crippen molar-refractivity contribution in [2.75, 3.05) is 44.6 Å². The van der Waals surface area contributed by atoms with Gasteiger partial charge in [0.25, 0.3) is 0 Å². The molecule has 1 atom stereocenters. The van der Waals surface area contributed by atoms with Gasteiger partial charge in [-0.3, -0.25) is 10.1 Å². The van der Waals surface area contributed by atoms with Crippen molar-refractivity contribution in [3.05, 3.63) is 75.5 Å². The number of aliphatic hydroxyl groups is 1. The molecule has 48 heavy (non-hydrogen) atoms. The molecule has 1 aliphatic rings. The number of aromatic hydroxyl groups is 1. The number of aromatic amines is 1. The van der Waals surface area contributed by atoms with Crippen LogP contribution in [0.2, 0.25) is 0 Å². The summed E-state index contributed by atoms with van der Waals surface area (Å²) in [6.45, 7) is 6.94. The topological polar surface area (TPSA) is 140 Å². The molecule has 3 heterocycles. The Morgan fingerprint density at radius 1 is 1.04 bits per heavy atom. The van der Waals surface area contributed by atoms with Gasteiger partial charge in [-0.1, -0.05) is 50.3 Å². The number of phenols is 1. The quantitative estimate of drug-likeness (QED) is 0.0756. The Hall–Kier alpha value is -3.77. The lowest BCUT2D eigenvalue weighted by molar-refractivity contribution is 0.104. The number of likely N-dealkylation sites (tertiary alicyclic amines) is 1. The highest BCUT2D eigenvalue weighted by atomic mass is 32.1. The van der Waals surface area contributed by atoms with Crippen LogP contribution in [0, 0.1) is 12.8 Å². The predicted octanol–water partition coefficient (Wildman–Crippen LogP) is 6.98. The van der Waals surface area contributed by atoms with Crippen molar-refractivity contribution >= 4 is 34.0 Å². The number of rotatable bonds is 17. The Labute approximate surface area is 286 Å². The van der Waals surface area contributed by atoms with E-state index < -0.39 is 12.2 Å². The molecule has 1 unspecified atom stereocenters. The van der Waals surface area contributed by atoms with E-state index in [1.54, 1.807) is 23.5 Å². The summed E-state index contributed by atoms with van der Waals surface area (Å²) in [6.07, 6.45) is 9.40. The molecule has 10 nitrogen and oxygen atoms in total. The lowest BCUT2D eigenvalue weighted by Gasteiger charge is -2.31. The van der Waals surface area contributed by atoms with E-state index in [4.69, 9.17) is 4.74 Å². The van der Waals surface area contributed by atoms with E-state index in [-0.39, 0.29) is 11.3 Å². The predicted molar refractivity (Wildman–Crippen MR) is 193 cm³/mol. The summed E-state index contributed by atoms with van der Waals surface area (Å²) in [6, 6.07) is 14.0. The summed E-state index contributed by atoms with van der Waals surface area (Å²) in [5.74, 6) is 0.402. The van der Waals surface area contributed by atoms with Crippen LogP contribution < -0.4 is 16.2 Å². The van der Waals surface area contributed by atoms with Crippen LogP contribution in [0.15, 0.2) is 58.7 Å². The number of benzene rings is 2. The van der Waals surface area contributed by atoms with E-state index in [9.17, 15) is 19.8 Å². The lowest BCUT2D eigenvalue weighted by Crippen LogP contribution is -2.36. The van der Waals surface area contributed by atoms with Crippen LogP contribution in [-0.2, 0) is 4.74 Å². The molecule has 5 rings (SSSR count). The Morgan fingerprint density at radius 3 is 2.56 bits per heavy atom. The third-order valence-electron chi connectivity index (χ3n) is 9.10. The van der Waals surface area contributed by atoms with Gasteiger partial charge in [-0.25, -0.2) is 9.78 Å². The number of fused-ring (bicyclic) bond motifs is 1. The number of nitrogens with one attached hydrogen (secondary N) is 3. The fourth-order valence-corrected chi connectivity index (χ4v) is 7.18. The van der Waals surface area contributed by atoms with Gasteiger partial charge in [0.15, 0.2) is 0 Å². The van der Waals surface area contributed by atoms with Crippen molar-refractivity contribution in [2.45, 2.75) is 70.8 Å². The number of hydrogen-bond donors (Lipinski definition) is 5. The molecule has 2 aromatic carbocycles. The molecule has 0 saturated carbocycles. The van der Waals surface area contributed by atoms with Crippen LogP contribution in [0.25, 0.3) is 21.5 Å². The van der Waals surface area contributed by atoms with Crippen LogP contribution in [0.5, 0.6) is 5.75 Å². The van der Waals surface area contributed by atoms with E-state index in [0.29, 0.717) is 35.5 Å². The molecule has 5 N–H and O–H groups in total. The molecule has 0 aliphatic carbocycles. The Kier molecular flexibility index (Phi) is 13.4. The number of hydrogen-bond acceptors (Lipinski definition) is 9. The number of aliphatic hydroxyl groups excluding tert-OH is 1. The third-order valence-corrected chi connectivity index (χ3v) is 10.1. The molecular formula is C37H49N5O5S. The van der Waals surface area contributed by atoms with Crippen LogP contribution in [0.4, 0.5) is 10.5 Å². The van der Waals surface area contributed by atoms with Crippen molar-refractivity contribution in [3.8, 4) is 16.3 Å². The van der Waals surface area contributed by atoms with Gasteiger partial charge in [-0.2, -0.15) is 0 Å². The summed E-state index contributed by atoms with van der Waals surface area (Å²) in [4.78, 5) is 33.9. The smallest absolute Gasteiger partial charge is 0.411 e. The summed E-state index contributed by atoms with van der Waals surface area (Å²) in [7, 11) is 0. The number of amides is 1. The number of unbranched alkanes of at least 4 members (excludes halogenated alkanes) is 6. The van der Waals surface area contributed by atoms with E-state index >= 15 is 0 Å². The molecule has 1 aliphatic heterocycles. The van der Waals surface area contributed by atoms with E-state index in [1.807, 2.05) is 36.6 Å². The monoisotopic (exact) mass is 675 g/mol. The van der Waals surface area contributed by atoms with Crippen molar-refractivity contribution < 1.29 is 19.7 Å². The summed E-state index contributed by atoms with van der Waals surface area (Å²) in [5, 5.41) is 30.5. The standard InChI is InChI=1S/C37H49N5O5S/c1-26-25-48-36(39-26)30-11-7-8-12-31(30)40-37(46)47-24-27-17-21-42(22-18-27)20-10-6-4-2-3-5-9-19-38-23-33(44)28-13-15-32(43)35-29(28)14-16-34(45)41-35/h7-8,11-16,25,27,33,38,43-44H,2-6,9-10,17-24H2,1H3,(H,40,46)(H,41,45). The van der Waals surface area contributed by atoms with Gasteiger partial charge in [0.2, 0.25) is 5.56 Å². The molecule has 0 spiro atoms. The largest absolute Gasteiger partial charge is 0.506 e. The molecule has 258 valence electrons. The minimum atomic E-state index is -0.724.